The number of nitrogens with zero attached hydrogens (tertiary/aromatic N) is 4. The lowest BCUT2D eigenvalue weighted by atomic mass is 9.96. The number of nitrogens with one attached hydrogen (secondary N) is 1. The summed E-state index contributed by atoms with van der Waals surface area (Å²) in [6.45, 7) is 11.1. The van der Waals surface area contributed by atoms with Crippen molar-refractivity contribution >= 4 is 39.1 Å². The molecule has 8 nitrogen and oxygen atoms in total. The summed E-state index contributed by atoms with van der Waals surface area (Å²) in [6, 6.07) is 15.9. The van der Waals surface area contributed by atoms with E-state index in [2.05, 4.69) is 14.9 Å². The van der Waals surface area contributed by atoms with Crippen molar-refractivity contribution in [3.05, 3.63) is 88.4 Å². The molecule has 1 saturated heterocycles. The molecule has 2 aliphatic heterocycles. The summed E-state index contributed by atoms with van der Waals surface area (Å²) < 4.78 is 26.5. The molecule has 1 N–H and O–H groups in total. The summed E-state index contributed by atoms with van der Waals surface area (Å²) >= 11 is 12.5. The maximum atomic E-state index is 12.7. The minimum Gasteiger partial charge on any atom is -0.341 e. The van der Waals surface area contributed by atoms with Crippen LogP contribution in [0, 0.1) is 0 Å². The molecule has 2 aromatic carbocycles. The Morgan fingerprint density at radius 2 is 1.52 bits per heavy atom. The zero-order valence-corrected chi connectivity index (χ0v) is 29.3. The molecule has 4 heterocycles. The van der Waals surface area contributed by atoms with Crippen molar-refractivity contribution < 1.29 is 13.2 Å². The molecule has 0 bridgehead atoms. The van der Waals surface area contributed by atoms with E-state index >= 15 is 0 Å². The number of H-pyrrole nitrogens is 1. The van der Waals surface area contributed by atoms with Crippen LogP contribution >= 0.6 is 23.2 Å². The molecule has 2 aliphatic rings. The van der Waals surface area contributed by atoms with E-state index in [9.17, 15) is 13.2 Å². The van der Waals surface area contributed by atoms with Crippen molar-refractivity contribution in [3.63, 3.8) is 0 Å². The van der Waals surface area contributed by atoms with Gasteiger partial charge in [-0.15, -0.1) is 0 Å². The average Bonchev–Trinajstić information content (AvgIpc) is 3.62. The maximum Gasteiger partial charge on any atom is 0.269 e. The second kappa shape index (κ2) is 16.5. The van der Waals surface area contributed by atoms with Crippen molar-refractivity contribution in [2.45, 2.75) is 70.6 Å². The van der Waals surface area contributed by atoms with Gasteiger partial charge in [0, 0.05) is 36.0 Å². The van der Waals surface area contributed by atoms with Gasteiger partial charge in [0.15, 0.2) is 0 Å². The quantitative estimate of drug-likeness (QED) is 0.177. The predicted octanol–water partition coefficient (Wildman–Crippen LogP) is 8.69. The summed E-state index contributed by atoms with van der Waals surface area (Å²) in [5.41, 5.74) is 3.97. The van der Waals surface area contributed by atoms with Crippen molar-refractivity contribution in [1.82, 2.24) is 24.2 Å². The first-order valence-corrected chi connectivity index (χ1v) is 18.4. The summed E-state index contributed by atoms with van der Waals surface area (Å²) in [5, 5.41) is 1.00. The lowest BCUT2D eigenvalue weighted by molar-refractivity contribution is 0.0869. The molecule has 6 rings (SSSR count). The van der Waals surface area contributed by atoms with Crippen molar-refractivity contribution in [2.75, 3.05) is 26.2 Å². The van der Waals surface area contributed by atoms with Gasteiger partial charge in [0.1, 0.15) is 10.7 Å². The van der Waals surface area contributed by atoms with Gasteiger partial charge >= 0.3 is 0 Å². The minimum absolute atomic E-state index is 0.117. The number of amides is 1. The van der Waals surface area contributed by atoms with Crippen LogP contribution in [0.3, 0.4) is 0 Å². The monoisotopic (exact) mass is 683 g/mol. The number of carbonyl (C=O) groups excluding carboxylic acids is 1. The first-order chi connectivity index (χ1) is 22.3. The average molecular weight is 685 g/mol. The van der Waals surface area contributed by atoms with E-state index in [0.29, 0.717) is 22.4 Å². The highest BCUT2D eigenvalue weighted by Crippen LogP contribution is 2.37. The summed E-state index contributed by atoms with van der Waals surface area (Å²) in [6.07, 6.45) is 7.98. The second-order valence-corrected chi connectivity index (χ2v) is 13.4. The highest BCUT2D eigenvalue weighted by molar-refractivity contribution is 7.90. The number of pyridine rings is 1. The van der Waals surface area contributed by atoms with Crippen LogP contribution in [-0.2, 0) is 10.0 Å². The van der Waals surface area contributed by atoms with Gasteiger partial charge in [0.05, 0.1) is 27.0 Å². The van der Waals surface area contributed by atoms with Gasteiger partial charge in [-0.3, -0.25) is 9.78 Å². The number of benzene rings is 2. The van der Waals surface area contributed by atoms with E-state index in [0.717, 1.165) is 78.0 Å². The number of piperidine rings is 1. The van der Waals surface area contributed by atoms with Gasteiger partial charge < -0.3 is 9.88 Å². The van der Waals surface area contributed by atoms with Crippen molar-refractivity contribution in [1.29, 1.82) is 0 Å². The molecule has 4 aromatic rings. The Labute approximate surface area is 283 Å². The van der Waals surface area contributed by atoms with Crippen LogP contribution in [0.15, 0.2) is 71.9 Å². The molecule has 0 spiro atoms. The van der Waals surface area contributed by atoms with Crippen molar-refractivity contribution in [3.8, 4) is 22.5 Å². The van der Waals surface area contributed by atoms with Crippen LogP contribution in [0.1, 0.15) is 81.9 Å². The molecule has 46 heavy (non-hydrogen) atoms. The molecule has 246 valence electrons. The lowest BCUT2D eigenvalue weighted by Crippen LogP contribution is -2.34. The zero-order chi connectivity index (χ0) is 33.3. The number of unbranched alkanes of at least 4 members (excludes halogenated alkanes) is 2. The van der Waals surface area contributed by atoms with E-state index in [4.69, 9.17) is 28.2 Å². The Bertz CT molecular complexity index is 1700. The molecular weight excluding hydrogens is 641 g/mol. The Morgan fingerprint density at radius 3 is 2.20 bits per heavy atom. The summed E-state index contributed by atoms with van der Waals surface area (Å²) in [5.74, 6) is 0.867. The Morgan fingerprint density at radius 1 is 0.848 bits per heavy atom. The van der Waals surface area contributed by atoms with Gasteiger partial charge in [-0.25, -0.2) is 17.7 Å². The Kier molecular flexibility index (Phi) is 12.8. The number of fused-ring (bicyclic) bond motifs is 1. The van der Waals surface area contributed by atoms with Crippen LogP contribution in [0.2, 0.25) is 10.0 Å². The van der Waals surface area contributed by atoms with Crippen molar-refractivity contribution in [2.24, 2.45) is 0 Å². The van der Waals surface area contributed by atoms with E-state index in [1.165, 1.54) is 6.07 Å². The fourth-order valence-corrected chi connectivity index (χ4v) is 7.72. The fourth-order valence-electron chi connectivity index (χ4n) is 5.81. The molecule has 0 saturated carbocycles. The predicted molar refractivity (Wildman–Crippen MR) is 187 cm³/mol. The molecule has 0 atom stereocenters. The number of halogens is 2. The summed E-state index contributed by atoms with van der Waals surface area (Å²) in [4.78, 5) is 28.0. The van der Waals surface area contributed by atoms with E-state index in [-0.39, 0.29) is 17.0 Å². The molecule has 1 fully saturated rings. The maximum absolute atomic E-state index is 12.7. The normalized spacial score (nSPS) is 15.9. The first-order valence-electron chi connectivity index (χ1n) is 16.2. The zero-order valence-electron chi connectivity index (χ0n) is 27.0. The highest BCUT2D eigenvalue weighted by atomic mass is 35.5. The number of hydrogen-bond donors (Lipinski definition) is 1. The number of likely N-dealkylation sites (tertiary alicyclic amines) is 1. The largest absolute Gasteiger partial charge is 0.341 e. The number of aromatic nitrogens is 3. The number of rotatable bonds is 9. The SMILES string of the molecule is CC.CC.O=C1c2ccccc2S(=O)(=O)N1CCCCCN1CCC(c2nc(-c3ccc(Cl)c(Cl)c3)c(-c3ccncc3)[nH]2)CC1. The van der Waals surface area contributed by atoms with Gasteiger partial charge in [-0.1, -0.05) is 75.5 Å². The number of hydrogen-bond acceptors (Lipinski definition) is 6. The first kappa shape index (κ1) is 35.6. The minimum atomic E-state index is -3.73. The Balaban J connectivity index is 0.00000116. The smallest absolute Gasteiger partial charge is 0.269 e. The molecule has 0 unspecified atom stereocenters. The van der Waals surface area contributed by atoms with E-state index in [1.54, 1.807) is 36.7 Å². The molecule has 11 heteroatoms. The van der Waals surface area contributed by atoms with Gasteiger partial charge in [-0.05, 0) is 81.7 Å². The third-order valence-electron chi connectivity index (χ3n) is 8.11. The van der Waals surface area contributed by atoms with Crippen LogP contribution < -0.4 is 0 Å². The molecule has 0 radical (unpaired) electrons. The number of carbonyl (C=O) groups is 1. The number of sulfonamides is 1. The van der Waals surface area contributed by atoms with E-state index < -0.39 is 15.9 Å². The van der Waals surface area contributed by atoms with Crippen LogP contribution in [0.25, 0.3) is 22.5 Å². The molecule has 2 aromatic heterocycles. The van der Waals surface area contributed by atoms with Gasteiger partial charge in [0.2, 0.25) is 0 Å². The van der Waals surface area contributed by atoms with Gasteiger partial charge in [-0.2, -0.15) is 0 Å². The third kappa shape index (κ3) is 7.82. The number of aromatic amines is 1. The molecular formula is C35H43Cl2N5O3S. The Hall–Kier alpha value is -3.24. The second-order valence-electron chi connectivity index (χ2n) is 10.8. The fraction of sp³-hybridized carbons (Fsp3) is 0.400. The van der Waals surface area contributed by atoms with Crippen LogP contribution in [0.5, 0.6) is 0 Å². The molecule has 0 aliphatic carbocycles. The third-order valence-corrected chi connectivity index (χ3v) is 10.7. The highest BCUT2D eigenvalue weighted by Gasteiger charge is 2.40. The molecule has 1 amide bonds. The number of imidazole rings is 1. The van der Waals surface area contributed by atoms with Crippen LogP contribution in [0.4, 0.5) is 0 Å². The standard InChI is InChI=1S/C31H31Cl2N5O3S.2C2H6/c32-25-9-8-23(20-26(25)33)29-28(21-10-14-34-15-11-21)35-30(36-29)22-12-18-37(19-13-22)16-4-1-5-17-38-31(39)24-6-2-3-7-27(24)42(38,40)41;2*1-2/h2-3,6-11,14-15,20,22H,1,4-5,12-13,16-19H2,(H,35,36);2*1-2H3. The van der Waals surface area contributed by atoms with Crippen LogP contribution in [-0.4, -0.2) is 64.7 Å². The topological polar surface area (TPSA) is 99.3 Å². The van der Waals surface area contributed by atoms with E-state index in [1.807, 2.05) is 52.0 Å². The van der Waals surface area contributed by atoms with Gasteiger partial charge in [0.25, 0.3) is 15.9 Å². The lowest BCUT2D eigenvalue weighted by Gasteiger charge is -2.31. The summed E-state index contributed by atoms with van der Waals surface area (Å²) in [7, 11) is -3.73.